The minimum atomic E-state index is -0.145. The Morgan fingerprint density at radius 3 is 2.65 bits per heavy atom. The van der Waals surface area contributed by atoms with Gasteiger partial charge < -0.3 is 11.1 Å². The van der Waals surface area contributed by atoms with E-state index >= 15 is 0 Å². The number of anilines is 2. The maximum absolute atomic E-state index is 11.8. The molecule has 0 fully saturated rings. The van der Waals surface area contributed by atoms with E-state index in [0.717, 1.165) is 8.26 Å². The highest BCUT2D eigenvalue weighted by molar-refractivity contribution is 9.11. The summed E-state index contributed by atoms with van der Waals surface area (Å²) in [5.41, 5.74) is 7.63. The minimum Gasteiger partial charge on any atom is -0.398 e. The quantitative estimate of drug-likeness (QED) is 0.776. The predicted octanol–water partition coefficient (Wildman–Crippen LogP) is 4.11. The first-order valence-corrected chi connectivity index (χ1v) is 7.13. The van der Waals surface area contributed by atoms with E-state index in [1.54, 1.807) is 29.6 Å². The molecule has 1 aromatic heterocycles. The molecule has 3 nitrogen and oxygen atoms in total. The number of nitrogens with two attached hydrogens (primary N) is 1. The Hall–Kier alpha value is -0.850. The van der Waals surface area contributed by atoms with Gasteiger partial charge in [0, 0.05) is 21.2 Å². The van der Waals surface area contributed by atoms with Gasteiger partial charge in [0.25, 0.3) is 5.91 Å². The first-order chi connectivity index (χ1) is 8.06. The van der Waals surface area contributed by atoms with Crippen molar-refractivity contribution >= 4 is 60.5 Å². The summed E-state index contributed by atoms with van der Waals surface area (Å²) in [4.78, 5) is 11.8. The number of thiophene rings is 1. The second-order valence-electron chi connectivity index (χ2n) is 3.33. The van der Waals surface area contributed by atoms with E-state index in [0.29, 0.717) is 16.9 Å². The van der Waals surface area contributed by atoms with Crippen LogP contribution in [0, 0.1) is 0 Å². The molecule has 0 aliphatic heterocycles. The van der Waals surface area contributed by atoms with Crippen LogP contribution in [-0.4, -0.2) is 5.91 Å². The largest absolute Gasteiger partial charge is 0.398 e. The Kier molecular flexibility index (Phi) is 3.86. The lowest BCUT2D eigenvalue weighted by Crippen LogP contribution is -2.10. The third-order valence-corrected chi connectivity index (χ3v) is 4.31. The van der Waals surface area contributed by atoms with E-state index in [1.807, 2.05) is 0 Å². The molecule has 1 heterocycles. The second kappa shape index (κ2) is 5.20. The lowest BCUT2D eigenvalue weighted by molar-refractivity contribution is 0.102. The van der Waals surface area contributed by atoms with Crippen molar-refractivity contribution in [2.45, 2.75) is 0 Å². The molecule has 0 radical (unpaired) electrons. The number of carbonyl (C=O) groups is 1. The Balaban J connectivity index is 2.15. The van der Waals surface area contributed by atoms with Crippen molar-refractivity contribution in [2.24, 2.45) is 0 Å². The van der Waals surface area contributed by atoms with Crippen LogP contribution in [0.3, 0.4) is 0 Å². The number of benzene rings is 1. The normalized spacial score (nSPS) is 10.2. The monoisotopic (exact) mass is 374 g/mol. The summed E-state index contributed by atoms with van der Waals surface area (Å²) in [5.74, 6) is -0.145. The molecule has 6 heteroatoms. The van der Waals surface area contributed by atoms with Gasteiger partial charge >= 0.3 is 0 Å². The number of carbonyl (C=O) groups excluding carboxylic acids is 1. The summed E-state index contributed by atoms with van der Waals surface area (Å²) in [6.45, 7) is 0. The fraction of sp³-hybridized carbons (Fsp3) is 0. The van der Waals surface area contributed by atoms with Crippen LogP contribution in [0.15, 0.2) is 37.9 Å². The summed E-state index contributed by atoms with van der Waals surface area (Å²) < 4.78 is 1.74. The minimum absolute atomic E-state index is 0.145. The van der Waals surface area contributed by atoms with Crippen molar-refractivity contribution in [3.8, 4) is 0 Å². The molecular weight excluding hydrogens is 368 g/mol. The van der Waals surface area contributed by atoms with Gasteiger partial charge in [0.1, 0.15) is 0 Å². The number of rotatable bonds is 2. The van der Waals surface area contributed by atoms with Crippen molar-refractivity contribution in [2.75, 3.05) is 11.1 Å². The zero-order valence-corrected chi connectivity index (χ0v) is 12.5. The smallest absolute Gasteiger partial charge is 0.256 e. The van der Waals surface area contributed by atoms with Crippen molar-refractivity contribution in [3.05, 3.63) is 43.5 Å². The molecule has 1 aromatic carbocycles. The fourth-order valence-corrected chi connectivity index (χ4v) is 2.64. The summed E-state index contributed by atoms with van der Waals surface area (Å²) in [6, 6.07) is 7.08. The van der Waals surface area contributed by atoms with Crippen LogP contribution in [-0.2, 0) is 0 Å². The standard InChI is InChI=1S/C11H8Br2N2OS/c12-8-2-1-7(4-9(8)14)15-11(16)6-3-10(13)17-5-6/h1-5H,14H2,(H,15,16). The number of halogens is 2. The molecule has 3 N–H and O–H groups in total. The predicted molar refractivity (Wildman–Crippen MR) is 78.5 cm³/mol. The van der Waals surface area contributed by atoms with Crippen LogP contribution in [0.2, 0.25) is 0 Å². The molecule has 2 rings (SSSR count). The van der Waals surface area contributed by atoms with Gasteiger partial charge in [0.05, 0.1) is 9.35 Å². The van der Waals surface area contributed by atoms with Crippen molar-refractivity contribution in [1.29, 1.82) is 0 Å². The van der Waals surface area contributed by atoms with Gasteiger partial charge in [0.15, 0.2) is 0 Å². The lowest BCUT2D eigenvalue weighted by Gasteiger charge is -2.05. The third-order valence-electron chi connectivity index (χ3n) is 2.08. The lowest BCUT2D eigenvalue weighted by atomic mass is 10.2. The molecule has 17 heavy (non-hydrogen) atoms. The Morgan fingerprint density at radius 1 is 1.29 bits per heavy atom. The zero-order chi connectivity index (χ0) is 12.4. The van der Waals surface area contributed by atoms with E-state index in [9.17, 15) is 4.79 Å². The maximum Gasteiger partial charge on any atom is 0.256 e. The first-order valence-electron chi connectivity index (χ1n) is 4.66. The highest BCUT2D eigenvalue weighted by Crippen LogP contribution is 2.24. The molecule has 2 aromatic rings. The van der Waals surface area contributed by atoms with Crippen LogP contribution in [0.1, 0.15) is 10.4 Å². The van der Waals surface area contributed by atoms with Gasteiger partial charge in [-0.1, -0.05) is 0 Å². The van der Waals surface area contributed by atoms with E-state index in [4.69, 9.17) is 5.73 Å². The number of amides is 1. The highest BCUT2D eigenvalue weighted by atomic mass is 79.9. The highest BCUT2D eigenvalue weighted by Gasteiger charge is 2.08. The summed E-state index contributed by atoms with van der Waals surface area (Å²) in [5, 5.41) is 4.58. The molecular formula is C11H8Br2N2OS. The molecule has 0 bridgehead atoms. The van der Waals surface area contributed by atoms with E-state index in [-0.39, 0.29) is 5.91 Å². The average molecular weight is 376 g/mol. The molecule has 0 aliphatic rings. The molecule has 0 unspecified atom stereocenters. The molecule has 0 atom stereocenters. The SMILES string of the molecule is Nc1cc(NC(=O)c2csc(Br)c2)ccc1Br. The summed E-state index contributed by atoms with van der Waals surface area (Å²) >= 11 is 8.09. The average Bonchev–Trinajstić information content (AvgIpc) is 2.70. The fourth-order valence-electron chi connectivity index (χ4n) is 1.25. The van der Waals surface area contributed by atoms with Crippen LogP contribution in [0.4, 0.5) is 11.4 Å². The van der Waals surface area contributed by atoms with Gasteiger partial charge in [-0.25, -0.2) is 0 Å². The van der Waals surface area contributed by atoms with Crippen molar-refractivity contribution in [3.63, 3.8) is 0 Å². The van der Waals surface area contributed by atoms with Gasteiger partial charge in [-0.15, -0.1) is 11.3 Å². The van der Waals surface area contributed by atoms with Gasteiger partial charge in [-0.3, -0.25) is 4.79 Å². The summed E-state index contributed by atoms with van der Waals surface area (Å²) in [6.07, 6.45) is 0. The number of hydrogen-bond donors (Lipinski definition) is 2. The molecule has 1 amide bonds. The number of nitrogen functional groups attached to an aromatic ring is 1. The third kappa shape index (κ3) is 3.08. The van der Waals surface area contributed by atoms with Crippen LogP contribution >= 0.6 is 43.2 Å². The number of nitrogens with one attached hydrogen (secondary N) is 1. The van der Waals surface area contributed by atoms with E-state index in [2.05, 4.69) is 37.2 Å². The van der Waals surface area contributed by atoms with E-state index in [1.165, 1.54) is 11.3 Å². The maximum atomic E-state index is 11.8. The molecule has 0 saturated heterocycles. The van der Waals surface area contributed by atoms with Crippen LogP contribution in [0.25, 0.3) is 0 Å². The Bertz CT molecular complexity index is 568. The zero-order valence-electron chi connectivity index (χ0n) is 8.54. The second-order valence-corrected chi connectivity index (χ2v) is 6.47. The molecule has 0 aliphatic carbocycles. The molecule has 0 saturated carbocycles. The van der Waals surface area contributed by atoms with Gasteiger partial charge in [-0.2, -0.15) is 0 Å². The van der Waals surface area contributed by atoms with Crippen molar-refractivity contribution in [1.82, 2.24) is 0 Å². The van der Waals surface area contributed by atoms with E-state index < -0.39 is 0 Å². The Morgan fingerprint density at radius 2 is 2.06 bits per heavy atom. The molecule has 0 spiro atoms. The van der Waals surface area contributed by atoms with Crippen LogP contribution in [0.5, 0.6) is 0 Å². The topological polar surface area (TPSA) is 55.1 Å². The van der Waals surface area contributed by atoms with Crippen LogP contribution < -0.4 is 11.1 Å². The first kappa shape index (κ1) is 12.6. The summed E-state index contributed by atoms with van der Waals surface area (Å²) in [7, 11) is 0. The Labute approximate surface area is 119 Å². The van der Waals surface area contributed by atoms with Crippen molar-refractivity contribution < 1.29 is 4.79 Å². The number of hydrogen-bond acceptors (Lipinski definition) is 3. The van der Waals surface area contributed by atoms with Gasteiger partial charge in [0.2, 0.25) is 0 Å². The molecule has 88 valence electrons. The van der Waals surface area contributed by atoms with Gasteiger partial charge in [-0.05, 0) is 56.1 Å².